The highest BCUT2D eigenvalue weighted by atomic mass is 15.1. The Labute approximate surface area is 117 Å². The molecule has 0 spiro atoms. The lowest BCUT2D eigenvalue weighted by atomic mass is 9.78. The van der Waals surface area contributed by atoms with E-state index in [4.69, 9.17) is 0 Å². The summed E-state index contributed by atoms with van der Waals surface area (Å²) < 4.78 is 0. The van der Waals surface area contributed by atoms with Gasteiger partial charge in [-0.3, -0.25) is 5.32 Å². The van der Waals surface area contributed by atoms with Crippen molar-refractivity contribution >= 4 is 0 Å². The van der Waals surface area contributed by atoms with Crippen molar-refractivity contribution in [1.82, 2.24) is 10.2 Å². The molecular formula is C16H27N3. The molecule has 3 saturated carbocycles. The smallest absolute Gasteiger partial charge is 0.108 e. The Balaban J connectivity index is 1.57. The lowest BCUT2D eigenvalue weighted by Crippen LogP contribution is -2.53. The summed E-state index contributed by atoms with van der Waals surface area (Å²) in [6.07, 6.45) is 11.4. The first-order valence-electron chi connectivity index (χ1n) is 8.10. The molecule has 3 rings (SSSR count). The molecule has 0 aromatic heterocycles. The van der Waals surface area contributed by atoms with Gasteiger partial charge in [0, 0.05) is 18.6 Å². The summed E-state index contributed by atoms with van der Waals surface area (Å²) in [5, 5.41) is 13.3. The molecule has 106 valence electrons. The topological polar surface area (TPSA) is 39.1 Å². The van der Waals surface area contributed by atoms with Crippen LogP contribution in [0, 0.1) is 17.2 Å². The third-order valence-corrected chi connectivity index (χ3v) is 5.39. The Morgan fingerprint density at radius 1 is 1.21 bits per heavy atom. The average Bonchev–Trinajstić information content (AvgIpc) is 3.17. The predicted molar refractivity (Wildman–Crippen MR) is 76.7 cm³/mol. The van der Waals surface area contributed by atoms with Crippen molar-refractivity contribution in [3.05, 3.63) is 0 Å². The first kappa shape index (κ1) is 13.4. The van der Waals surface area contributed by atoms with Crippen LogP contribution in [0.15, 0.2) is 0 Å². The largest absolute Gasteiger partial charge is 0.303 e. The second-order valence-electron chi connectivity index (χ2n) is 7.10. The van der Waals surface area contributed by atoms with Crippen LogP contribution in [-0.2, 0) is 0 Å². The standard InChI is InChI=1S/C16H27N3/c1-19(11-13-4-2-5-13)15-6-3-9-16(10-15,12-17)18-14-7-8-14/h13-15,18H,2-11H2,1H3. The molecule has 2 unspecified atom stereocenters. The van der Waals surface area contributed by atoms with E-state index in [9.17, 15) is 5.26 Å². The molecule has 0 aliphatic heterocycles. The van der Waals surface area contributed by atoms with Crippen molar-refractivity contribution in [3.8, 4) is 6.07 Å². The molecule has 3 aliphatic carbocycles. The summed E-state index contributed by atoms with van der Waals surface area (Å²) in [7, 11) is 2.27. The van der Waals surface area contributed by atoms with E-state index in [-0.39, 0.29) is 5.54 Å². The minimum Gasteiger partial charge on any atom is -0.303 e. The normalized spacial score (nSPS) is 35.9. The van der Waals surface area contributed by atoms with E-state index >= 15 is 0 Å². The molecule has 0 amide bonds. The fourth-order valence-electron chi connectivity index (χ4n) is 3.74. The molecule has 3 aliphatic rings. The van der Waals surface area contributed by atoms with Gasteiger partial charge in [-0.1, -0.05) is 6.42 Å². The fourth-order valence-corrected chi connectivity index (χ4v) is 3.74. The van der Waals surface area contributed by atoms with Crippen LogP contribution in [0.3, 0.4) is 0 Å². The maximum absolute atomic E-state index is 9.63. The van der Waals surface area contributed by atoms with Crippen LogP contribution in [0.5, 0.6) is 0 Å². The second-order valence-corrected chi connectivity index (χ2v) is 7.10. The number of nitriles is 1. The molecule has 2 atom stereocenters. The second kappa shape index (κ2) is 5.42. The Kier molecular flexibility index (Phi) is 3.82. The van der Waals surface area contributed by atoms with Crippen LogP contribution in [0.25, 0.3) is 0 Å². The summed E-state index contributed by atoms with van der Waals surface area (Å²) in [6.45, 7) is 1.25. The van der Waals surface area contributed by atoms with Crippen LogP contribution in [-0.4, -0.2) is 36.1 Å². The number of rotatable bonds is 5. The van der Waals surface area contributed by atoms with E-state index in [1.165, 1.54) is 51.5 Å². The maximum atomic E-state index is 9.63. The molecule has 0 aromatic carbocycles. The quantitative estimate of drug-likeness (QED) is 0.827. The highest BCUT2D eigenvalue weighted by Gasteiger charge is 2.41. The zero-order valence-corrected chi connectivity index (χ0v) is 12.2. The Hall–Kier alpha value is -0.590. The fraction of sp³-hybridized carbons (Fsp3) is 0.938. The number of nitrogens with one attached hydrogen (secondary N) is 1. The molecule has 0 radical (unpaired) electrons. The highest BCUT2D eigenvalue weighted by Crippen LogP contribution is 2.35. The Morgan fingerprint density at radius 3 is 2.58 bits per heavy atom. The molecule has 0 heterocycles. The third-order valence-electron chi connectivity index (χ3n) is 5.39. The van der Waals surface area contributed by atoms with Crippen molar-refractivity contribution in [3.63, 3.8) is 0 Å². The van der Waals surface area contributed by atoms with Crippen LogP contribution >= 0.6 is 0 Å². The molecule has 1 N–H and O–H groups in total. The first-order valence-corrected chi connectivity index (χ1v) is 8.10. The van der Waals surface area contributed by atoms with Gasteiger partial charge in [-0.2, -0.15) is 5.26 Å². The van der Waals surface area contributed by atoms with Gasteiger partial charge in [-0.05, 0) is 64.3 Å². The number of hydrogen-bond donors (Lipinski definition) is 1. The molecule has 0 aromatic rings. The van der Waals surface area contributed by atoms with Gasteiger partial charge in [0.2, 0.25) is 0 Å². The van der Waals surface area contributed by atoms with E-state index in [1.807, 2.05) is 0 Å². The van der Waals surface area contributed by atoms with Gasteiger partial charge in [0.1, 0.15) is 5.54 Å². The zero-order chi connectivity index (χ0) is 13.3. The minimum atomic E-state index is -0.224. The maximum Gasteiger partial charge on any atom is 0.108 e. The van der Waals surface area contributed by atoms with Crippen molar-refractivity contribution in [2.75, 3.05) is 13.6 Å². The van der Waals surface area contributed by atoms with E-state index in [2.05, 4.69) is 23.3 Å². The summed E-state index contributed by atoms with van der Waals surface area (Å²) in [5.74, 6) is 0.930. The molecule has 3 heteroatoms. The van der Waals surface area contributed by atoms with Crippen LogP contribution in [0.2, 0.25) is 0 Å². The Morgan fingerprint density at radius 2 is 2.00 bits per heavy atom. The summed E-state index contributed by atoms with van der Waals surface area (Å²) in [6, 6.07) is 3.86. The lowest BCUT2D eigenvalue weighted by molar-refractivity contribution is 0.108. The summed E-state index contributed by atoms with van der Waals surface area (Å²) in [4.78, 5) is 2.55. The van der Waals surface area contributed by atoms with Crippen LogP contribution in [0.4, 0.5) is 0 Å². The monoisotopic (exact) mass is 261 g/mol. The minimum absolute atomic E-state index is 0.224. The van der Waals surface area contributed by atoms with Gasteiger partial charge in [0.15, 0.2) is 0 Å². The van der Waals surface area contributed by atoms with Crippen LogP contribution < -0.4 is 5.32 Å². The summed E-state index contributed by atoms with van der Waals surface area (Å²) in [5.41, 5.74) is -0.224. The van der Waals surface area contributed by atoms with Crippen molar-refractivity contribution in [1.29, 1.82) is 5.26 Å². The van der Waals surface area contributed by atoms with Crippen molar-refractivity contribution in [2.24, 2.45) is 5.92 Å². The Bertz CT molecular complexity index is 353. The van der Waals surface area contributed by atoms with Gasteiger partial charge in [0.05, 0.1) is 6.07 Å². The number of nitrogens with zero attached hydrogens (tertiary/aromatic N) is 2. The average molecular weight is 261 g/mol. The first-order chi connectivity index (χ1) is 9.21. The predicted octanol–water partition coefficient (Wildman–Crippen LogP) is 2.68. The van der Waals surface area contributed by atoms with E-state index in [0.717, 1.165) is 18.8 Å². The van der Waals surface area contributed by atoms with Gasteiger partial charge in [0.25, 0.3) is 0 Å². The third kappa shape index (κ3) is 3.12. The van der Waals surface area contributed by atoms with Crippen molar-refractivity contribution < 1.29 is 0 Å². The molecular weight excluding hydrogens is 234 g/mol. The van der Waals surface area contributed by atoms with Gasteiger partial charge >= 0.3 is 0 Å². The molecule has 3 fully saturated rings. The highest BCUT2D eigenvalue weighted by molar-refractivity contribution is 5.13. The molecule has 19 heavy (non-hydrogen) atoms. The number of hydrogen-bond acceptors (Lipinski definition) is 3. The molecule has 0 saturated heterocycles. The zero-order valence-electron chi connectivity index (χ0n) is 12.2. The summed E-state index contributed by atoms with van der Waals surface area (Å²) >= 11 is 0. The van der Waals surface area contributed by atoms with E-state index < -0.39 is 0 Å². The van der Waals surface area contributed by atoms with E-state index in [0.29, 0.717) is 12.1 Å². The SMILES string of the molecule is CN(CC1CCC1)C1CCCC(C#N)(NC2CC2)C1. The van der Waals surface area contributed by atoms with Gasteiger partial charge < -0.3 is 4.90 Å². The molecule has 0 bridgehead atoms. The van der Waals surface area contributed by atoms with E-state index in [1.54, 1.807) is 0 Å². The van der Waals surface area contributed by atoms with Crippen LogP contribution in [0.1, 0.15) is 57.8 Å². The molecule has 3 nitrogen and oxygen atoms in total. The van der Waals surface area contributed by atoms with Crippen molar-refractivity contribution in [2.45, 2.75) is 75.4 Å². The van der Waals surface area contributed by atoms with Gasteiger partial charge in [-0.15, -0.1) is 0 Å². The van der Waals surface area contributed by atoms with Gasteiger partial charge in [-0.25, -0.2) is 0 Å². The lowest BCUT2D eigenvalue weighted by Gasteiger charge is -2.42.